The molecule has 4 rings (SSSR count). The quantitative estimate of drug-likeness (QED) is 0.363. The van der Waals surface area contributed by atoms with Gasteiger partial charge in [0, 0.05) is 11.1 Å². The van der Waals surface area contributed by atoms with Gasteiger partial charge in [-0.15, -0.1) is 0 Å². The highest BCUT2D eigenvalue weighted by Gasteiger charge is 2.22. The van der Waals surface area contributed by atoms with Crippen molar-refractivity contribution in [1.82, 2.24) is 15.6 Å². The third-order valence-electron chi connectivity index (χ3n) is 4.79. The fourth-order valence-corrected chi connectivity index (χ4v) is 3.30. The number of hydrazone groups is 1. The average molecular weight is 424 g/mol. The van der Waals surface area contributed by atoms with Crippen LogP contribution in [0.4, 0.5) is 0 Å². The highest BCUT2D eigenvalue weighted by Crippen LogP contribution is 2.31. The third-order valence-corrected chi connectivity index (χ3v) is 4.79. The van der Waals surface area contributed by atoms with E-state index in [1.54, 1.807) is 13.2 Å². The fraction of sp³-hybridized carbons (Fsp3) is 0.0400. The van der Waals surface area contributed by atoms with E-state index < -0.39 is 11.5 Å². The maximum absolute atomic E-state index is 13.1. The first-order valence-corrected chi connectivity index (χ1v) is 9.88. The normalized spacial score (nSPS) is 10.8. The summed E-state index contributed by atoms with van der Waals surface area (Å²) in [6, 6.07) is 25.8. The Hall–Kier alpha value is -4.52. The fourth-order valence-electron chi connectivity index (χ4n) is 3.30. The minimum Gasteiger partial charge on any atom is -0.497 e. The van der Waals surface area contributed by atoms with Crippen LogP contribution in [-0.4, -0.2) is 29.4 Å². The standard InChI is InChI=1S/C25H20N4O3/c1-32-20-14-8-9-17(15-20)16-26-28-24(30)22-21(18-10-4-2-5-11-18)23(27-29-25(22)31)19-12-6-3-7-13-19/h2-16H,1H3,(H,28,30)(H,29,31)/b26-16+. The first-order chi connectivity index (χ1) is 15.7. The molecule has 0 saturated heterocycles. The topological polar surface area (TPSA) is 96.4 Å². The summed E-state index contributed by atoms with van der Waals surface area (Å²) in [6.07, 6.45) is 1.48. The van der Waals surface area contributed by atoms with Gasteiger partial charge in [-0.1, -0.05) is 72.8 Å². The van der Waals surface area contributed by atoms with Crippen molar-refractivity contribution in [2.75, 3.05) is 7.11 Å². The molecule has 158 valence electrons. The first kappa shape index (κ1) is 20.7. The molecule has 3 aromatic carbocycles. The minimum absolute atomic E-state index is 0.0622. The Morgan fingerprint density at radius 1 is 0.969 bits per heavy atom. The van der Waals surface area contributed by atoms with Crippen LogP contribution in [0.15, 0.2) is 94.8 Å². The molecule has 0 radical (unpaired) electrons. The number of nitrogens with zero attached hydrogens (tertiary/aromatic N) is 2. The maximum Gasteiger partial charge on any atom is 0.277 e. The molecule has 1 aromatic heterocycles. The van der Waals surface area contributed by atoms with Crippen LogP contribution in [0.5, 0.6) is 5.75 Å². The molecule has 0 aliphatic rings. The van der Waals surface area contributed by atoms with Crippen LogP contribution >= 0.6 is 0 Å². The Labute approximate surface area is 184 Å². The summed E-state index contributed by atoms with van der Waals surface area (Å²) in [7, 11) is 1.57. The van der Waals surface area contributed by atoms with E-state index in [-0.39, 0.29) is 5.56 Å². The molecule has 0 spiro atoms. The molecule has 7 heteroatoms. The number of benzene rings is 3. The monoisotopic (exact) mass is 424 g/mol. The zero-order valence-corrected chi connectivity index (χ0v) is 17.3. The van der Waals surface area contributed by atoms with Gasteiger partial charge >= 0.3 is 0 Å². The lowest BCUT2D eigenvalue weighted by Gasteiger charge is -2.12. The summed E-state index contributed by atoms with van der Waals surface area (Å²) in [4.78, 5) is 25.8. The van der Waals surface area contributed by atoms with Crippen molar-refractivity contribution in [3.05, 3.63) is 106 Å². The summed E-state index contributed by atoms with van der Waals surface area (Å²) in [6.45, 7) is 0. The molecule has 0 atom stereocenters. The second-order valence-electron chi connectivity index (χ2n) is 6.86. The smallest absolute Gasteiger partial charge is 0.277 e. The number of carbonyl (C=O) groups is 1. The molecule has 0 fully saturated rings. The van der Waals surface area contributed by atoms with Crippen molar-refractivity contribution in [2.45, 2.75) is 0 Å². The predicted octanol–water partition coefficient (Wildman–Crippen LogP) is 3.88. The van der Waals surface area contributed by atoms with Gasteiger partial charge in [0.05, 0.1) is 19.0 Å². The Morgan fingerprint density at radius 2 is 1.66 bits per heavy atom. The molecule has 0 unspecified atom stereocenters. The third kappa shape index (κ3) is 4.46. The lowest BCUT2D eigenvalue weighted by Crippen LogP contribution is -2.28. The Balaban J connectivity index is 1.75. The Bertz CT molecular complexity index is 1320. The summed E-state index contributed by atoms with van der Waals surface area (Å²) in [5.41, 5.74) is 4.95. The van der Waals surface area contributed by atoms with Crippen molar-refractivity contribution < 1.29 is 9.53 Å². The highest BCUT2D eigenvalue weighted by atomic mass is 16.5. The molecule has 0 bridgehead atoms. The molecule has 1 amide bonds. The van der Waals surface area contributed by atoms with Gasteiger partial charge in [-0.05, 0) is 23.3 Å². The Kier molecular flexibility index (Phi) is 6.17. The van der Waals surface area contributed by atoms with Gasteiger partial charge in [0.15, 0.2) is 0 Å². The number of amides is 1. The summed E-state index contributed by atoms with van der Waals surface area (Å²) >= 11 is 0. The van der Waals surface area contributed by atoms with Gasteiger partial charge < -0.3 is 4.74 Å². The minimum atomic E-state index is -0.635. The van der Waals surface area contributed by atoms with E-state index in [2.05, 4.69) is 20.7 Å². The van der Waals surface area contributed by atoms with Gasteiger partial charge in [-0.2, -0.15) is 10.2 Å². The number of methoxy groups -OCH3 is 1. The summed E-state index contributed by atoms with van der Waals surface area (Å²) in [5.74, 6) is 0.0357. The van der Waals surface area contributed by atoms with Gasteiger partial charge in [-0.25, -0.2) is 10.5 Å². The number of hydrogen-bond acceptors (Lipinski definition) is 5. The summed E-state index contributed by atoms with van der Waals surface area (Å²) < 4.78 is 5.19. The van der Waals surface area contributed by atoms with E-state index in [0.717, 1.165) is 11.1 Å². The van der Waals surface area contributed by atoms with E-state index in [0.29, 0.717) is 22.6 Å². The van der Waals surface area contributed by atoms with Crippen molar-refractivity contribution in [1.29, 1.82) is 0 Å². The molecule has 0 aliphatic carbocycles. The molecule has 32 heavy (non-hydrogen) atoms. The van der Waals surface area contributed by atoms with Crippen LogP contribution in [0, 0.1) is 0 Å². The zero-order chi connectivity index (χ0) is 22.3. The molecule has 0 saturated carbocycles. The molecule has 1 heterocycles. The first-order valence-electron chi connectivity index (χ1n) is 9.88. The molecular weight excluding hydrogens is 404 g/mol. The second kappa shape index (κ2) is 9.53. The lowest BCUT2D eigenvalue weighted by atomic mass is 9.95. The number of hydrogen-bond donors (Lipinski definition) is 2. The number of H-pyrrole nitrogens is 1. The van der Waals surface area contributed by atoms with Crippen LogP contribution in [0.2, 0.25) is 0 Å². The second-order valence-corrected chi connectivity index (χ2v) is 6.86. The lowest BCUT2D eigenvalue weighted by molar-refractivity contribution is 0.0954. The van der Waals surface area contributed by atoms with Crippen molar-refractivity contribution in [3.8, 4) is 28.1 Å². The molecular formula is C25H20N4O3. The van der Waals surface area contributed by atoms with Crippen LogP contribution in [0.3, 0.4) is 0 Å². The summed E-state index contributed by atoms with van der Waals surface area (Å²) in [5, 5.41) is 10.7. The van der Waals surface area contributed by atoms with E-state index in [9.17, 15) is 9.59 Å². The van der Waals surface area contributed by atoms with Gasteiger partial charge in [-0.3, -0.25) is 9.59 Å². The van der Waals surface area contributed by atoms with E-state index in [1.807, 2.05) is 78.9 Å². The van der Waals surface area contributed by atoms with E-state index in [1.165, 1.54) is 6.21 Å². The maximum atomic E-state index is 13.1. The SMILES string of the molecule is COc1cccc(/C=N/NC(=O)c2c(-c3ccccc3)c(-c3ccccc3)n[nH]c2=O)c1. The largest absolute Gasteiger partial charge is 0.497 e. The van der Waals surface area contributed by atoms with Crippen molar-refractivity contribution in [2.24, 2.45) is 5.10 Å². The number of aromatic amines is 1. The van der Waals surface area contributed by atoms with Gasteiger partial charge in [0.1, 0.15) is 11.3 Å². The van der Waals surface area contributed by atoms with E-state index in [4.69, 9.17) is 4.74 Å². The van der Waals surface area contributed by atoms with Gasteiger partial charge in [0.2, 0.25) is 0 Å². The van der Waals surface area contributed by atoms with Crippen molar-refractivity contribution in [3.63, 3.8) is 0 Å². The number of rotatable bonds is 6. The molecule has 4 aromatic rings. The van der Waals surface area contributed by atoms with E-state index >= 15 is 0 Å². The highest BCUT2D eigenvalue weighted by molar-refractivity contribution is 6.03. The number of ether oxygens (including phenoxy) is 1. The van der Waals surface area contributed by atoms with Crippen LogP contribution in [0.25, 0.3) is 22.4 Å². The van der Waals surface area contributed by atoms with Crippen LogP contribution < -0.4 is 15.7 Å². The van der Waals surface area contributed by atoms with Crippen LogP contribution in [0.1, 0.15) is 15.9 Å². The van der Waals surface area contributed by atoms with Crippen LogP contribution in [-0.2, 0) is 0 Å². The number of carbonyl (C=O) groups excluding carboxylic acids is 1. The molecule has 0 aliphatic heterocycles. The zero-order valence-electron chi connectivity index (χ0n) is 17.3. The number of aromatic nitrogens is 2. The number of nitrogens with one attached hydrogen (secondary N) is 2. The molecule has 7 nitrogen and oxygen atoms in total. The average Bonchev–Trinajstić information content (AvgIpc) is 2.85. The molecule has 2 N–H and O–H groups in total. The Morgan fingerprint density at radius 3 is 2.34 bits per heavy atom. The van der Waals surface area contributed by atoms with Gasteiger partial charge in [0.25, 0.3) is 11.5 Å². The predicted molar refractivity (Wildman–Crippen MR) is 124 cm³/mol. The van der Waals surface area contributed by atoms with Crippen molar-refractivity contribution >= 4 is 12.1 Å².